The number of nitrogen functional groups attached to an aromatic ring is 1. The molecule has 0 saturated heterocycles. The number of pyridine rings is 1. The van der Waals surface area contributed by atoms with Gasteiger partial charge in [0.1, 0.15) is 11.5 Å². The van der Waals surface area contributed by atoms with Gasteiger partial charge in [-0.3, -0.25) is 5.41 Å². The van der Waals surface area contributed by atoms with E-state index < -0.39 is 13.0 Å². The summed E-state index contributed by atoms with van der Waals surface area (Å²) in [5.41, 5.74) is 5.36. The summed E-state index contributed by atoms with van der Waals surface area (Å²) in [6, 6.07) is 4.46. The molecule has 0 bridgehead atoms. The molecule has 14 heavy (non-hydrogen) atoms. The highest BCUT2D eigenvalue weighted by atomic mass is 19.3. The molecule has 0 aliphatic rings. The van der Waals surface area contributed by atoms with Crippen molar-refractivity contribution in [2.24, 2.45) is 5.73 Å². The Balaban J connectivity index is 2.69. The summed E-state index contributed by atoms with van der Waals surface area (Å²) in [5.74, 6) is -0.189. The Kier molecular flexibility index (Phi) is 3.33. The third-order valence-electron chi connectivity index (χ3n) is 1.36. The first kappa shape index (κ1) is 10.4. The van der Waals surface area contributed by atoms with E-state index in [1.54, 1.807) is 0 Å². The second-order valence-electron chi connectivity index (χ2n) is 2.48. The van der Waals surface area contributed by atoms with Gasteiger partial charge in [0.2, 0.25) is 5.88 Å². The number of aromatic nitrogens is 1. The van der Waals surface area contributed by atoms with E-state index in [2.05, 4.69) is 9.72 Å². The minimum atomic E-state index is -2.54. The lowest BCUT2D eigenvalue weighted by molar-refractivity contribution is 0.0796. The lowest BCUT2D eigenvalue weighted by Gasteiger charge is -2.05. The quantitative estimate of drug-likeness (QED) is 0.564. The second-order valence-corrected chi connectivity index (χ2v) is 2.48. The van der Waals surface area contributed by atoms with E-state index in [0.717, 1.165) is 0 Å². The van der Waals surface area contributed by atoms with Gasteiger partial charge in [0.25, 0.3) is 6.43 Å². The molecule has 1 aromatic rings. The molecule has 0 atom stereocenters. The summed E-state index contributed by atoms with van der Waals surface area (Å²) in [4.78, 5) is 3.74. The van der Waals surface area contributed by atoms with E-state index in [-0.39, 0.29) is 17.4 Å². The molecule has 76 valence electrons. The van der Waals surface area contributed by atoms with Crippen molar-refractivity contribution in [1.82, 2.24) is 4.98 Å². The Bertz CT molecular complexity index is 330. The molecule has 3 N–H and O–H groups in total. The summed E-state index contributed by atoms with van der Waals surface area (Å²) in [5, 5.41) is 7.06. The summed E-state index contributed by atoms with van der Waals surface area (Å²) >= 11 is 0. The van der Waals surface area contributed by atoms with Crippen molar-refractivity contribution in [2.75, 3.05) is 6.61 Å². The summed E-state index contributed by atoms with van der Waals surface area (Å²) < 4.78 is 28.2. The molecular formula is C8H9F2N3O. The van der Waals surface area contributed by atoms with Crippen molar-refractivity contribution in [3.63, 3.8) is 0 Å². The van der Waals surface area contributed by atoms with Gasteiger partial charge in [-0.25, -0.2) is 13.8 Å². The smallest absolute Gasteiger partial charge is 0.272 e. The standard InChI is InChI=1S/C8H9F2N3O/c9-6(10)4-14-7-3-1-2-5(13-7)8(11)12/h1-3,6H,4H2,(H3,11,12). The average molecular weight is 201 g/mol. The third-order valence-corrected chi connectivity index (χ3v) is 1.36. The molecule has 0 aliphatic carbocycles. The summed E-state index contributed by atoms with van der Waals surface area (Å²) in [6.07, 6.45) is -2.54. The topological polar surface area (TPSA) is 72.0 Å². The molecule has 1 aromatic heterocycles. The number of halogens is 2. The van der Waals surface area contributed by atoms with Gasteiger partial charge in [-0.1, -0.05) is 6.07 Å². The van der Waals surface area contributed by atoms with Crippen LogP contribution in [0.3, 0.4) is 0 Å². The Morgan fingerprint density at radius 2 is 2.29 bits per heavy atom. The lowest BCUT2D eigenvalue weighted by Crippen LogP contribution is -2.14. The maximum atomic E-state index is 11.8. The molecule has 6 heteroatoms. The molecule has 4 nitrogen and oxygen atoms in total. The van der Waals surface area contributed by atoms with E-state index in [9.17, 15) is 8.78 Å². The van der Waals surface area contributed by atoms with Crippen LogP contribution in [0.4, 0.5) is 8.78 Å². The van der Waals surface area contributed by atoms with Crippen molar-refractivity contribution in [3.05, 3.63) is 23.9 Å². The number of ether oxygens (including phenoxy) is 1. The molecule has 0 aliphatic heterocycles. The van der Waals surface area contributed by atoms with E-state index in [1.807, 2.05) is 0 Å². The minimum absolute atomic E-state index is 0.0398. The number of alkyl halides is 2. The Hall–Kier alpha value is -1.72. The lowest BCUT2D eigenvalue weighted by atomic mass is 10.3. The Morgan fingerprint density at radius 1 is 1.57 bits per heavy atom. The molecule has 0 spiro atoms. The first-order chi connectivity index (χ1) is 6.59. The number of hydrogen-bond acceptors (Lipinski definition) is 3. The van der Waals surface area contributed by atoms with Crippen LogP contribution in [-0.2, 0) is 0 Å². The molecule has 0 aromatic carbocycles. The Labute approximate surface area is 79.2 Å². The largest absolute Gasteiger partial charge is 0.472 e. The number of nitrogens with two attached hydrogens (primary N) is 1. The van der Waals surface area contributed by atoms with Crippen molar-refractivity contribution < 1.29 is 13.5 Å². The van der Waals surface area contributed by atoms with Gasteiger partial charge in [-0.2, -0.15) is 0 Å². The van der Waals surface area contributed by atoms with Crippen LogP contribution < -0.4 is 10.5 Å². The fourth-order valence-corrected chi connectivity index (χ4v) is 0.794. The normalized spacial score (nSPS) is 10.2. The van der Waals surface area contributed by atoms with Crippen LogP contribution in [0.2, 0.25) is 0 Å². The van der Waals surface area contributed by atoms with Crippen LogP contribution in [0.25, 0.3) is 0 Å². The van der Waals surface area contributed by atoms with Gasteiger partial charge >= 0.3 is 0 Å². The van der Waals surface area contributed by atoms with Crippen LogP contribution >= 0.6 is 0 Å². The first-order valence-corrected chi connectivity index (χ1v) is 3.82. The fourth-order valence-electron chi connectivity index (χ4n) is 0.794. The van der Waals surface area contributed by atoms with Crippen molar-refractivity contribution in [2.45, 2.75) is 6.43 Å². The zero-order chi connectivity index (χ0) is 10.6. The van der Waals surface area contributed by atoms with Crippen molar-refractivity contribution in [1.29, 1.82) is 5.41 Å². The molecule has 1 heterocycles. The van der Waals surface area contributed by atoms with Gasteiger partial charge in [-0.05, 0) is 6.07 Å². The zero-order valence-corrected chi connectivity index (χ0v) is 7.21. The van der Waals surface area contributed by atoms with Crippen molar-refractivity contribution in [3.8, 4) is 5.88 Å². The summed E-state index contributed by atoms with van der Waals surface area (Å²) in [6.45, 7) is -0.714. The van der Waals surface area contributed by atoms with Gasteiger partial charge in [0.05, 0.1) is 0 Å². The molecule has 0 radical (unpaired) electrons. The van der Waals surface area contributed by atoms with Crippen LogP contribution in [0.5, 0.6) is 5.88 Å². The average Bonchev–Trinajstić information content (AvgIpc) is 2.15. The van der Waals surface area contributed by atoms with E-state index in [1.165, 1.54) is 18.2 Å². The molecule has 0 amide bonds. The fraction of sp³-hybridized carbons (Fsp3) is 0.250. The van der Waals surface area contributed by atoms with Gasteiger partial charge in [-0.15, -0.1) is 0 Å². The molecular weight excluding hydrogens is 192 g/mol. The highest BCUT2D eigenvalue weighted by Gasteiger charge is 2.05. The number of amidine groups is 1. The Morgan fingerprint density at radius 3 is 2.86 bits per heavy atom. The maximum absolute atomic E-state index is 11.8. The van der Waals surface area contributed by atoms with E-state index in [0.29, 0.717) is 0 Å². The predicted octanol–water partition coefficient (Wildman–Crippen LogP) is 1.01. The van der Waals surface area contributed by atoms with Crippen LogP contribution in [0, 0.1) is 5.41 Å². The second kappa shape index (κ2) is 4.50. The highest BCUT2D eigenvalue weighted by Crippen LogP contribution is 2.08. The molecule has 0 saturated carbocycles. The number of nitrogens with zero attached hydrogens (tertiary/aromatic N) is 1. The first-order valence-electron chi connectivity index (χ1n) is 3.82. The van der Waals surface area contributed by atoms with Crippen LogP contribution in [0.1, 0.15) is 5.69 Å². The predicted molar refractivity (Wildman–Crippen MR) is 46.8 cm³/mol. The zero-order valence-electron chi connectivity index (χ0n) is 7.21. The minimum Gasteiger partial charge on any atom is -0.472 e. The maximum Gasteiger partial charge on any atom is 0.272 e. The number of hydrogen-bond donors (Lipinski definition) is 2. The monoisotopic (exact) mass is 201 g/mol. The number of nitrogens with one attached hydrogen (secondary N) is 1. The van der Waals surface area contributed by atoms with Crippen LogP contribution in [0.15, 0.2) is 18.2 Å². The molecule has 0 unspecified atom stereocenters. The summed E-state index contributed by atoms with van der Waals surface area (Å²) in [7, 11) is 0. The van der Waals surface area contributed by atoms with E-state index in [4.69, 9.17) is 11.1 Å². The number of rotatable bonds is 4. The molecule has 1 rings (SSSR count). The molecule has 0 fully saturated rings. The van der Waals surface area contributed by atoms with Gasteiger partial charge in [0.15, 0.2) is 6.61 Å². The van der Waals surface area contributed by atoms with Crippen LogP contribution in [-0.4, -0.2) is 23.9 Å². The van der Waals surface area contributed by atoms with Crippen molar-refractivity contribution >= 4 is 5.84 Å². The SMILES string of the molecule is N=C(N)c1cccc(OCC(F)F)n1. The van der Waals surface area contributed by atoms with Gasteiger partial charge in [0, 0.05) is 6.07 Å². The van der Waals surface area contributed by atoms with E-state index >= 15 is 0 Å². The third kappa shape index (κ3) is 2.96. The van der Waals surface area contributed by atoms with Gasteiger partial charge < -0.3 is 10.5 Å². The highest BCUT2D eigenvalue weighted by molar-refractivity contribution is 5.93.